The molecule has 0 fully saturated rings. The number of carbonyl (C=O) groups excluding carboxylic acids is 1. The first-order valence-electron chi connectivity index (χ1n) is 5.82. The van der Waals surface area contributed by atoms with Crippen LogP contribution in [0.3, 0.4) is 0 Å². The zero-order chi connectivity index (χ0) is 13.7. The number of hydrogen-bond acceptors (Lipinski definition) is 2. The van der Waals surface area contributed by atoms with E-state index in [0.717, 1.165) is 18.2 Å². The molecule has 0 spiro atoms. The van der Waals surface area contributed by atoms with Crippen molar-refractivity contribution in [3.05, 3.63) is 35.4 Å². The molecule has 1 aromatic carbocycles. The van der Waals surface area contributed by atoms with E-state index in [4.69, 9.17) is 5.26 Å². The molecule has 18 heavy (non-hydrogen) atoms. The molecule has 1 aromatic rings. The Labute approximate surface area is 105 Å². The Hall–Kier alpha value is -1.76. The van der Waals surface area contributed by atoms with E-state index in [-0.39, 0.29) is 17.8 Å². The molecule has 0 aliphatic heterocycles. The molecule has 1 atom stereocenters. The third-order valence-electron chi connectivity index (χ3n) is 2.64. The Kier molecular flexibility index (Phi) is 4.96. The van der Waals surface area contributed by atoms with Gasteiger partial charge in [-0.1, -0.05) is 13.8 Å². The maximum absolute atomic E-state index is 13.0. The summed E-state index contributed by atoms with van der Waals surface area (Å²) in [5, 5.41) is 8.98. The minimum Gasteiger partial charge on any atom is -0.298 e. The summed E-state index contributed by atoms with van der Waals surface area (Å²) in [7, 11) is 0. The van der Waals surface area contributed by atoms with Gasteiger partial charge in [0.1, 0.15) is 17.6 Å². The largest absolute Gasteiger partial charge is 0.298 e. The fraction of sp³-hybridized carbons (Fsp3) is 0.429. The summed E-state index contributed by atoms with van der Waals surface area (Å²) in [5.74, 6) is -2.59. The SMILES string of the molecule is CC(C)CCC(=O)C(C#N)c1cc(F)cc(F)c1. The predicted molar refractivity (Wildman–Crippen MR) is 63.8 cm³/mol. The third-order valence-corrected chi connectivity index (χ3v) is 2.64. The van der Waals surface area contributed by atoms with Crippen molar-refractivity contribution in [2.75, 3.05) is 0 Å². The number of benzene rings is 1. The molecule has 0 N–H and O–H groups in total. The van der Waals surface area contributed by atoms with Crippen LogP contribution in [0.4, 0.5) is 8.78 Å². The van der Waals surface area contributed by atoms with Crippen molar-refractivity contribution in [3.8, 4) is 6.07 Å². The van der Waals surface area contributed by atoms with Gasteiger partial charge in [-0.3, -0.25) is 4.79 Å². The van der Waals surface area contributed by atoms with E-state index in [1.807, 2.05) is 19.9 Å². The van der Waals surface area contributed by atoms with E-state index < -0.39 is 17.6 Å². The number of rotatable bonds is 5. The van der Waals surface area contributed by atoms with Crippen LogP contribution < -0.4 is 0 Å². The van der Waals surface area contributed by atoms with Crippen LogP contribution in [-0.2, 0) is 4.79 Å². The van der Waals surface area contributed by atoms with Gasteiger partial charge in [-0.05, 0) is 30.0 Å². The van der Waals surface area contributed by atoms with Crippen molar-refractivity contribution in [3.63, 3.8) is 0 Å². The topological polar surface area (TPSA) is 40.9 Å². The average molecular weight is 251 g/mol. The first-order valence-corrected chi connectivity index (χ1v) is 5.82. The van der Waals surface area contributed by atoms with Crippen LogP contribution in [0.2, 0.25) is 0 Å². The molecule has 0 heterocycles. The number of carbonyl (C=O) groups is 1. The van der Waals surface area contributed by atoms with Crippen molar-refractivity contribution in [2.24, 2.45) is 5.92 Å². The van der Waals surface area contributed by atoms with E-state index in [0.29, 0.717) is 12.3 Å². The highest BCUT2D eigenvalue weighted by Crippen LogP contribution is 2.21. The van der Waals surface area contributed by atoms with Crippen molar-refractivity contribution >= 4 is 5.78 Å². The van der Waals surface area contributed by atoms with Gasteiger partial charge in [-0.2, -0.15) is 5.26 Å². The van der Waals surface area contributed by atoms with Gasteiger partial charge in [0.25, 0.3) is 0 Å². The summed E-state index contributed by atoms with van der Waals surface area (Å²) in [4.78, 5) is 11.8. The maximum Gasteiger partial charge on any atom is 0.154 e. The van der Waals surface area contributed by atoms with Crippen LogP contribution >= 0.6 is 0 Å². The molecule has 0 aromatic heterocycles. The molecular formula is C14H15F2NO. The van der Waals surface area contributed by atoms with Crippen molar-refractivity contribution in [1.29, 1.82) is 5.26 Å². The third kappa shape index (κ3) is 3.92. The lowest BCUT2D eigenvalue weighted by Gasteiger charge is -2.10. The molecule has 4 heteroatoms. The number of Topliss-reactive ketones (excluding diaryl/α,β-unsaturated/α-hetero) is 1. The lowest BCUT2D eigenvalue weighted by atomic mass is 9.92. The standard InChI is InChI=1S/C14H15F2NO/c1-9(2)3-4-14(18)13(8-17)10-5-11(15)7-12(16)6-10/h5-7,9,13H,3-4H2,1-2H3. The van der Waals surface area contributed by atoms with E-state index in [9.17, 15) is 13.6 Å². The number of nitriles is 1. The zero-order valence-corrected chi connectivity index (χ0v) is 10.4. The summed E-state index contributed by atoms with van der Waals surface area (Å²) in [6.07, 6.45) is 0.906. The van der Waals surface area contributed by atoms with Crippen molar-refractivity contribution < 1.29 is 13.6 Å². The van der Waals surface area contributed by atoms with Crippen molar-refractivity contribution in [2.45, 2.75) is 32.6 Å². The minimum absolute atomic E-state index is 0.0868. The summed E-state index contributed by atoms with van der Waals surface area (Å²) in [6, 6.07) is 4.60. The Morgan fingerprint density at radius 1 is 1.28 bits per heavy atom. The molecule has 0 radical (unpaired) electrons. The second kappa shape index (κ2) is 6.25. The van der Waals surface area contributed by atoms with Gasteiger partial charge in [0, 0.05) is 12.5 Å². The second-order valence-corrected chi connectivity index (χ2v) is 4.66. The zero-order valence-electron chi connectivity index (χ0n) is 10.4. The summed E-state index contributed by atoms with van der Waals surface area (Å²) in [6.45, 7) is 3.94. The fourth-order valence-corrected chi connectivity index (χ4v) is 1.65. The van der Waals surface area contributed by atoms with Gasteiger partial charge in [0.15, 0.2) is 5.78 Å². The minimum atomic E-state index is -1.09. The normalized spacial score (nSPS) is 12.2. The van der Waals surface area contributed by atoms with Gasteiger partial charge in [0.05, 0.1) is 6.07 Å². The van der Waals surface area contributed by atoms with Gasteiger partial charge < -0.3 is 0 Å². The van der Waals surface area contributed by atoms with E-state index in [1.54, 1.807) is 0 Å². The summed E-state index contributed by atoms with van der Waals surface area (Å²) in [5.41, 5.74) is 0.0868. The molecule has 1 rings (SSSR count). The first-order chi connectivity index (χ1) is 8.43. The van der Waals surface area contributed by atoms with Crippen LogP contribution in [0, 0.1) is 28.9 Å². The van der Waals surface area contributed by atoms with Crippen LogP contribution in [0.25, 0.3) is 0 Å². The lowest BCUT2D eigenvalue weighted by molar-refractivity contribution is -0.119. The molecule has 0 bridgehead atoms. The maximum atomic E-state index is 13.0. The van der Waals surface area contributed by atoms with Crippen LogP contribution in [0.5, 0.6) is 0 Å². The molecule has 1 unspecified atom stereocenters. The highest BCUT2D eigenvalue weighted by molar-refractivity contribution is 5.88. The van der Waals surface area contributed by atoms with Gasteiger partial charge in [0.2, 0.25) is 0 Å². The van der Waals surface area contributed by atoms with E-state index in [2.05, 4.69) is 0 Å². The molecular weight excluding hydrogens is 236 g/mol. The Morgan fingerprint density at radius 3 is 2.28 bits per heavy atom. The number of hydrogen-bond donors (Lipinski definition) is 0. The highest BCUT2D eigenvalue weighted by atomic mass is 19.1. The Balaban J connectivity index is 2.89. The van der Waals surface area contributed by atoms with E-state index >= 15 is 0 Å². The smallest absolute Gasteiger partial charge is 0.154 e. The van der Waals surface area contributed by atoms with Crippen LogP contribution in [0.15, 0.2) is 18.2 Å². The van der Waals surface area contributed by atoms with Crippen molar-refractivity contribution in [1.82, 2.24) is 0 Å². The van der Waals surface area contributed by atoms with Crippen LogP contribution in [0.1, 0.15) is 38.2 Å². The summed E-state index contributed by atoms with van der Waals surface area (Å²) >= 11 is 0. The molecule has 0 aliphatic carbocycles. The predicted octanol–water partition coefficient (Wildman–Crippen LogP) is 3.58. The van der Waals surface area contributed by atoms with Gasteiger partial charge >= 0.3 is 0 Å². The quantitative estimate of drug-likeness (QED) is 0.802. The average Bonchev–Trinajstić information content (AvgIpc) is 2.26. The molecule has 0 saturated heterocycles. The monoisotopic (exact) mass is 251 g/mol. The Morgan fingerprint density at radius 2 is 1.83 bits per heavy atom. The van der Waals surface area contributed by atoms with Crippen LogP contribution in [-0.4, -0.2) is 5.78 Å². The first kappa shape index (κ1) is 14.3. The Bertz CT molecular complexity index is 457. The molecule has 0 amide bonds. The number of halogens is 2. The number of nitrogens with zero attached hydrogens (tertiary/aromatic N) is 1. The molecule has 2 nitrogen and oxygen atoms in total. The lowest BCUT2D eigenvalue weighted by Crippen LogP contribution is -2.12. The molecule has 96 valence electrons. The molecule has 0 saturated carbocycles. The molecule has 0 aliphatic rings. The van der Waals surface area contributed by atoms with E-state index in [1.165, 1.54) is 0 Å². The second-order valence-electron chi connectivity index (χ2n) is 4.66. The summed E-state index contributed by atoms with van der Waals surface area (Å²) < 4.78 is 26.1. The highest BCUT2D eigenvalue weighted by Gasteiger charge is 2.21. The van der Waals surface area contributed by atoms with Gasteiger partial charge in [-0.25, -0.2) is 8.78 Å². The fourth-order valence-electron chi connectivity index (χ4n) is 1.65. The van der Waals surface area contributed by atoms with Gasteiger partial charge in [-0.15, -0.1) is 0 Å². The number of ketones is 1.